The number of ether oxygens (including phenoxy) is 1. The molecule has 2 aliphatic heterocycles. The molecule has 2 heterocycles. The minimum Gasteiger partial charge on any atom is -0.368 e. The van der Waals surface area contributed by atoms with Gasteiger partial charge in [-0.25, -0.2) is 0 Å². The second-order valence-corrected chi connectivity index (χ2v) is 6.58. The zero-order valence-electron chi connectivity index (χ0n) is 14.9. The zero-order valence-corrected chi connectivity index (χ0v) is 16.5. The first-order valence-electron chi connectivity index (χ1n) is 8.55. The van der Waals surface area contributed by atoms with Gasteiger partial charge in [0.1, 0.15) is 5.60 Å². The van der Waals surface area contributed by atoms with E-state index in [1.54, 1.807) is 7.11 Å². The number of rotatable bonds is 5. The predicted molar refractivity (Wildman–Crippen MR) is 106 cm³/mol. The van der Waals surface area contributed by atoms with Crippen molar-refractivity contribution in [2.75, 3.05) is 38.2 Å². The van der Waals surface area contributed by atoms with Gasteiger partial charge in [0.15, 0.2) is 0 Å². The number of fused-ring (bicyclic) bond motifs is 1. The van der Waals surface area contributed by atoms with Crippen LogP contribution in [0.2, 0.25) is 0 Å². The van der Waals surface area contributed by atoms with Gasteiger partial charge >= 0.3 is 0 Å². The standard InChI is InChI=1S/C18H27N3O2.2ClH/c1-14-13-15-5-3-4-6-16(15)21(14)12-11-20-17(22)18(23-2)7-9-19-10-8-18;;/h3-6,14,19H,7-13H2,1-2H3,(H,20,22);2*1H. The average Bonchev–Trinajstić information content (AvgIpc) is 2.91. The van der Waals surface area contributed by atoms with Crippen molar-refractivity contribution in [2.24, 2.45) is 0 Å². The average molecular weight is 390 g/mol. The highest BCUT2D eigenvalue weighted by Gasteiger charge is 2.39. The molecule has 25 heavy (non-hydrogen) atoms. The molecule has 1 amide bonds. The Labute approximate surface area is 162 Å². The maximum Gasteiger partial charge on any atom is 0.252 e. The SMILES string of the molecule is COC1(C(=O)NCCN2c3ccccc3CC2C)CCNCC1.Cl.Cl. The van der Waals surface area contributed by atoms with Crippen molar-refractivity contribution >= 4 is 36.4 Å². The van der Waals surface area contributed by atoms with E-state index in [-0.39, 0.29) is 30.7 Å². The number of nitrogens with one attached hydrogen (secondary N) is 2. The van der Waals surface area contributed by atoms with Crippen molar-refractivity contribution < 1.29 is 9.53 Å². The number of hydrogen-bond acceptors (Lipinski definition) is 4. The van der Waals surface area contributed by atoms with Crippen molar-refractivity contribution in [2.45, 2.75) is 37.8 Å². The monoisotopic (exact) mass is 389 g/mol. The van der Waals surface area contributed by atoms with Crippen LogP contribution in [0.3, 0.4) is 0 Å². The molecule has 1 unspecified atom stereocenters. The molecule has 7 heteroatoms. The number of methoxy groups -OCH3 is 1. The van der Waals surface area contributed by atoms with Crippen LogP contribution in [-0.4, -0.2) is 50.8 Å². The third-order valence-electron chi connectivity index (χ3n) is 5.20. The number of carbonyl (C=O) groups is 1. The summed E-state index contributed by atoms with van der Waals surface area (Å²) in [6.07, 6.45) is 2.55. The molecule has 5 nitrogen and oxygen atoms in total. The molecule has 3 rings (SSSR count). The number of carbonyl (C=O) groups excluding carboxylic acids is 1. The summed E-state index contributed by atoms with van der Waals surface area (Å²) in [5.74, 6) is 0.0293. The van der Waals surface area contributed by atoms with Crippen molar-refractivity contribution in [3.8, 4) is 0 Å². The zero-order chi connectivity index (χ0) is 16.3. The Morgan fingerprint density at radius 3 is 2.68 bits per heavy atom. The van der Waals surface area contributed by atoms with Crippen molar-refractivity contribution in [1.29, 1.82) is 0 Å². The van der Waals surface area contributed by atoms with Gasteiger partial charge in [0.05, 0.1) is 0 Å². The van der Waals surface area contributed by atoms with E-state index in [2.05, 4.69) is 46.7 Å². The second-order valence-electron chi connectivity index (χ2n) is 6.58. The smallest absolute Gasteiger partial charge is 0.252 e. The summed E-state index contributed by atoms with van der Waals surface area (Å²) >= 11 is 0. The fraction of sp³-hybridized carbons (Fsp3) is 0.611. The fourth-order valence-electron chi connectivity index (χ4n) is 3.78. The Morgan fingerprint density at radius 2 is 2.00 bits per heavy atom. The first kappa shape index (κ1) is 22.0. The van der Waals surface area contributed by atoms with Crippen molar-refractivity contribution in [3.05, 3.63) is 29.8 Å². The Kier molecular flexibility index (Phi) is 8.48. The molecule has 1 aromatic rings. The summed E-state index contributed by atoms with van der Waals surface area (Å²) in [4.78, 5) is 15.0. The first-order valence-corrected chi connectivity index (χ1v) is 8.55. The molecule has 0 aromatic heterocycles. The molecule has 2 aliphatic rings. The molecule has 0 radical (unpaired) electrons. The van der Waals surface area contributed by atoms with E-state index < -0.39 is 5.60 Å². The van der Waals surface area contributed by atoms with Crippen LogP contribution < -0.4 is 15.5 Å². The van der Waals surface area contributed by atoms with Gasteiger partial charge < -0.3 is 20.3 Å². The predicted octanol–water partition coefficient (Wildman–Crippen LogP) is 2.17. The molecular weight excluding hydrogens is 361 g/mol. The maximum absolute atomic E-state index is 12.6. The molecular formula is C18H29Cl2N3O2. The van der Waals surface area contributed by atoms with Gasteiger partial charge in [0, 0.05) is 31.9 Å². The summed E-state index contributed by atoms with van der Waals surface area (Å²) in [5.41, 5.74) is 2.05. The third kappa shape index (κ3) is 4.59. The van der Waals surface area contributed by atoms with E-state index in [0.29, 0.717) is 12.6 Å². The summed E-state index contributed by atoms with van der Waals surface area (Å²) in [5, 5.41) is 6.37. The Hall–Kier alpha value is -1.01. The normalized spacial score (nSPS) is 20.9. The third-order valence-corrected chi connectivity index (χ3v) is 5.20. The van der Waals surface area contributed by atoms with Crippen molar-refractivity contribution in [1.82, 2.24) is 10.6 Å². The van der Waals surface area contributed by atoms with E-state index in [4.69, 9.17) is 4.74 Å². The van der Waals surface area contributed by atoms with Gasteiger partial charge in [-0.15, -0.1) is 24.8 Å². The molecule has 0 bridgehead atoms. The highest BCUT2D eigenvalue weighted by molar-refractivity contribution is 5.86. The quantitative estimate of drug-likeness (QED) is 0.809. The Morgan fingerprint density at radius 1 is 1.32 bits per heavy atom. The van der Waals surface area contributed by atoms with Crippen molar-refractivity contribution in [3.63, 3.8) is 0 Å². The number of halogens is 2. The summed E-state index contributed by atoms with van der Waals surface area (Å²) in [7, 11) is 1.64. The highest BCUT2D eigenvalue weighted by atomic mass is 35.5. The van der Waals surface area contributed by atoms with Gasteiger partial charge in [-0.2, -0.15) is 0 Å². The van der Waals surface area contributed by atoms with Gasteiger partial charge in [-0.1, -0.05) is 18.2 Å². The molecule has 1 saturated heterocycles. The van der Waals surface area contributed by atoms with E-state index >= 15 is 0 Å². The minimum atomic E-state index is -0.653. The van der Waals surface area contributed by atoms with Gasteiger partial charge in [-0.3, -0.25) is 4.79 Å². The molecule has 142 valence electrons. The number of anilines is 1. The maximum atomic E-state index is 12.6. The molecule has 1 aromatic carbocycles. The van der Waals surface area contributed by atoms with E-state index in [0.717, 1.165) is 38.9 Å². The highest BCUT2D eigenvalue weighted by Crippen LogP contribution is 2.31. The minimum absolute atomic E-state index is 0. The lowest BCUT2D eigenvalue weighted by Gasteiger charge is -2.35. The van der Waals surface area contributed by atoms with E-state index in [1.807, 2.05) is 0 Å². The molecule has 2 N–H and O–H groups in total. The number of piperidine rings is 1. The van der Waals surface area contributed by atoms with Crippen LogP contribution in [0.15, 0.2) is 24.3 Å². The fourth-order valence-corrected chi connectivity index (χ4v) is 3.78. The first-order chi connectivity index (χ1) is 11.2. The van der Waals surface area contributed by atoms with Crippen LogP contribution in [-0.2, 0) is 16.0 Å². The number of benzene rings is 1. The second kappa shape index (κ2) is 9.62. The van der Waals surface area contributed by atoms with Crippen LogP contribution in [0.4, 0.5) is 5.69 Å². The topological polar surface area (TPSA) is 53.6 Å². The Bertz CT molecular complexity index is 565. The van der Waals surface area contributed by atoms with Gasteiger partial charge in [-0.05, 0) is 50.9 Å². The molecule has 0 spiro atoms. The molecule has 1 fully saturated rings. The van der Waals surface area contributed by atoms with Crippen LogP contribution in [0.25, 0.3) is 0 Å². The number of hydrogen-bond donors (Lipinski definition) is 2. The van der Waals surface area contributed by atoms with Crippen LogP contribution in [0, 0.1) is 0 Å². The van der Waals surface area contributed by atoms with Gasteiger partial charge in [0.2, 0.25) is 0 Å². The molecule has 1 atom stereocenters. The van der Waals surface area contributed by atoms with E-state index in [1.165, 1.54) is 11.3 Å². The summed E-state index contributed by atoms with van der Waals surface area (Å²) in [6.45, 7) is 5.39. The largest absolute Gasteiger partial charge is 0.368 e. The van der Waals surface area contributed by atoms with Crippen LogP contribution in [0.5, 0.6) is 0 Å². The number of amides is 1. The van der Waals surface area contributed by atoms with Gasteiger partial charge in [0.25, 0.3) is 5.91 Å². The van der Waals surface area contributed by atoms with E-state index in [9.17, 15) is 4.79 Å². The summed E-state index contributed by atoms with van der Waals surface area (Å²) < 4.78 is 5.57. The Balaban J connectivity index is 0.00000156. The molecule has 0 aliphatic carbocycles. The number of nitrogens with zero attached hydrogens (tertiary/aromatic N) is 1. The van der Waals surface area contributed by atoms with Crippen LogP contribution >= 0.6 is 24.8 Å². The summed E-state index contributed by atoms with van der Waals surface area (Å²) in [6, 6.07) is 9.02. The molecule has 0 saturated carbocycles. The number of para-hydroxylation sites is 1. The van der Waals surface area contributed by atoms with Crippen LogP contribution in [0.1, 0.15) is 25.3 Å². The lowest BCUT2D eigenvalue weighted by Crippen LogP contribution is -2.55. The lowest BCUT2D eigenvalue weighted by molar-refractivity contribution is -0.146. The lowest BCUT2D eigenvalue weighted by atomic mass is 9.91.